The number of nitrogens with one attached hydrogen (secondary N) is 1. The molecule has 0 fully saturated rings. The Morgan fingerprint density at radius 3 is 2.40 bits per heavy atom. The van der Waals surface area contributed by atoms with E-state index in [1.165, 1.54) is 31.4 Å². The minimum Gasteiger partial charge on any atom is -0.465 e. The van der Waals surface area contributed by atoms with Crippen molar-refractivity contribution in [2.75, 3.05) is 29.5 Å². The molecule has 162 valence electrons. The lowest BCUT2D eigenvalue weighted by molar-refractivity contribution is -0.137. The third kappa shape index (κ3) is 5.86. The summed E-state index contributed by atoms with van der Waals surface area (Å²) >= 11 is 5.91. The van der Waals surface area contributed by atoms with Crippen LogP contribution in [0.1, 0.15) is 15.9 Å². The van der Waals surface area contributed by atoms with Crippen LogP contribution in [0.25, 0.3) is 0 Å². The highest BCUT2D eigenvalue weighted by atomic mass is 35.5. The molecule has 7 nitrogen and oxygen atoms in total. The number of carbonyl (C=O) groups is 2. The second-order valence-electron chi connectivity index (χ2n) is 6.05. The van der Waals surface area contributed by atoms with E-state index in [0.29, 0.717) is 16.4 Å². The van der Waals surface area contributed by atoms with Gasteiger partial charge in [-0.25, -0.2) is 13.2 Å². The van der Waals surface area contributed by atoms with Gasteiger partial charge in [0.1, 0.15) is 6.54 Å². The number of carbonyl (C=O) groups excluding carboxylic acids is 2. The van der Waals surface area contributed by atoms with E-state index in [2.05, 4.69) is 10.1 Å². The highest BCUT2D eigenvalue weighted by Crippen LogP contribution is 2.36. The van der Waals surface area contributed by atoms with Gasteiger partial charge in [0.2, 0.25) is 15.9 Å². The zero-order valence-electron chi connectivity index (χ0n) is 15.7. The van der Waals surface area contributed by atoms with Crippen LogP contribution in [-0.4, -0.2) is 40.2 Å². The van der Waals surface area contributed by atoms with E-state index < -0.39 is 45.9 Å². The first-order valence-electron chi connectivity index (χ1n) is 8.15. The molecule has 0 aliphatic carbocycles. The monoisotopic (exact) mass is 464 g/mol. The molecule has 0 saturated heterocycles. The molecule has 12 heteroatoms. The summed E-state index contributed by atoms with van der Waals surface area (Å²) in [7, 11) is -2.99. The van der Waals surface area contributed by atoms with Crippen LogP contribution in [0.2, 0.25) is 5.02 Å². The molecule has 0 aromatic heterocycles. The summed E-state index contributed by atoms with van der Waals surface area (Å²) in [5, 5.41) is 2.10. The maximum Gasteiger partial charge on any atom is 0.416 e. The molecule has 0 aliphatic rings. The number of alkyl halides is 3. The maximum absolute atomic E-state index is 13.0. The Hall–Kier alpha value is -2.79. The summed E-state index contributed by atoms with van der Waals surface area (Å²) in [6.45, 7) is -0.845. The molecule has 0 unspecified atom stereocenters. The summed E-state index contributed by atoms with van der Waals surface area (Å²) in [5.41, 5.74) is -1.32. The fraction of sp³-hybridized carbons (Fsp3) is 0.222. The number of esters is 1. The molecule has 2 rings (SSSR count). The average Bonchev–Trinajstić information content (AvgIpc) is 2.64. The summed E-state index contributed by atoms with van der Waals surface area (Å²) < 4.78 is 68.4. The Morgan fingerprint density at radius 1 is 1.17 bits per heavy atom. The summed E-state index contributed by atoms with van der Waals surface area (Å²) in [6.07, 6.45) is -4.01. The topological polar surface area (TPSA) is 92.8 Å². The molecule has 0 spiro atoms. The SMILES string of the molecule is COC(=O)c1cccc(NC(=O)CN(c2cc(C(F)(F)F)ccc2Cl)S(C)(=O)=O)c1. The second kappa shape index (κ2) is 8.92. The number of nitrogens with zero attached hydrogens (tertiary/aromatic N) is 1. The molecule has 0 aliphatic heterocycles. The molecule has 0 bridgehead atoms. The third-order valence-electron chi connectivity index (χ3n) is 3.80. The van der Waals surface area contributed by atoms with Gasteiger partial charge < -0.3 is 10.1 Å². The van der Waals surface area contributed by atoms with Crippen molar-refractivity contribution in [3.8, 4) is 0 Å². The van der Waals surface area contributed by atoms with Gasteiger partial charge in [0, 0.05) is 5.69 Å². The van der Waals surface area contributed by atoms with Gasteiger partial charge in [-0.2, -0.15) is 13.2 Å². The lowest BCUT2D eigenvalue weighted by atomic mass is 10.2. The standard InChI is InChI=1S/C18H16ClF3N2O5S/c1-29-17(26)11-4-3-5-13(8-11)23-16(25)10-24(30(2,27)28)15-9-12(18(20,21)22)6-7-14(15)19/h3-9H,10H2,1-2H3,(H,23,25). The number of anilines is 2. The normalized spacial score (nSPS) is 11.7. The number of methoxy groups -OCH3 is 1. The number of amides is 1. The van der Waals surface area contributed by atoms with Crippen LogP contribution >= 0.6 is 11.6 Å². The third-order valence-corrected chi connectivity index (χ3v) is 5.24. The van der Waals surface area contributed by atoms with Crippen molar-refractivity contribution < 1.29 is 35.9 Å². The quantitative estimate of drug-likeness (QED) is 0.660. The number of benzene rings is 2. The van der Waals surface area contributed by atoms with Gasteiger partial charge >= 0.3 is 12.1 Å². The predicted octanol–water partition coefficient (Wildman–Crippen LogP) is 3.55. The zero-order chi connectivity index (χ0) is 22.7. The fourth-order valence-corrected chi connectivity index (χ4v) is 3.56. The first-order chi connectivity index (χ1) is 13.8. The van der Waals surface area contributed by atoms with E-state index in [1.807, 2.05) is 0 Å². The predicted molar refractivity (Wildman–Crippen MR) is 105 cm³/mol. The first kappa shape index (κ1) is 23.5. The van der Waals surface area contributed by atoms with Gasteiger partial charge in [-0.1, -0.05) is 17.7 Å². The maximum atomic E-state index is 13.0. The Balaban J connectivity index is 2.33. The number of rotatable bonds is 6. The van der Waals surface area contributed by atoms with Crippen LogP contribution in [-0.2, 0) is 25.7 Å². The van der Waals surface area contributed by atoms with Gasteiger partial charge in [0.15, 0.2) is 0 Å². The van der Waals surface area contributed by atoms with Crippen LogP contribution < -0.4 is 9.62 Å². The number of halogens is 4. The van der Waals surface area contributed by atoms with Crippen LogP contribution in [0.3, 0.4) is 0 Å². The van der Waals surface area contributed by atoms with Crippen molar-refractivity contribution in [2.45, 2.75) is 6.18 Å². The van der Waals surface area contributed by atoms with Gasteiger partial charge in [-0.3, -0.25) is 9.10 Å². The minimum absolute atomic E-state index is 0.135. The zero-order valence-corrected chi connectivity index (χ0v) is 17.2. The molecule has 1 N–H and O–H groups in total. The van der Waals surface area contributed by atoms with Gasteiger partial charge in [0.05, 0.1) is 35.2 Å². The van der Waals surface area contributed by atoms with E-state index >= 15 is 0 Å². The Bertz CT molecular complexity index is 1070. The molecule has 0 saturated carbocycles. The molecule has 0 radical (unpaired) electrons. The molecule has 2 aromatic carbocycles. The van der Waals surface area contributed by atoms with Crippen LogP contribution in [0.4, 0.5) is 24.5 Å². The van der Waals surface area contributed by atoms with Gasteiger partial charge in [-0.05, 0) is 36.4 Å². The second-order valence-corrected chi connectivity index (χ2v) is 8.37. The molecule has 2 aromatic rings. The van der Waals surface area contributed by atoms with E-state index in [-0.39, 0.29) is 16.3 Å². The van der Waals surface area contributed by atoms with Crippen molar-refractivity contribution in [1.29, 1.82) is 0 Å². The minimum atomic E-state index is -4.74. The Morgan fingerprint density at radius 2 is 1.83 bits per heavy atom. The van der Waals surface area contributed by atoms with Crippen molar-refractivity contribution in [3.05, 3.63) is 58.6 Å². The van der Waals surface area contributed by atoms with Gasteiger partial charge in [-0.15, -0.1) is 0 Å². The molecule has 0 heterocycles. The first-order valence-corrected chi connectivity index (χ1v) is 10.4. The molecular formula is C18H16ClF3N2O5S. The fourth-order valence-electron chi connectivity index (χ4n) is 2.43. The lowest BCUT2D eigenvalue weighted by Gasteiger charge is -2.24. The lowest BCUT2D eigenvalue weighted by Crippen LogP contribution is -2.37. The van der Waals surface area contributed by atoms with Crippen molar-refractivity contribution >= 4 is 44.9 Å². The number of hydrogen-bond donors (Lipinski definition) is 1. The van der Waals surface area contributed by atoms with Crippen molar-refractivity contribution in [1.82, 2.24) is 0 Å². The highest BCUT2D eigenvalue weighted by molar-refractivity contribution is 7.92. The Labute approximate surface area is 175 Å². The largest absolute Gasteiger partial charge is 0.465 e. The van der Waals surface area contributed by atoms with Crippen molar-refractivity contribution in [3.63, 3.8) is 0 Å². The Kier molecular flexibility index (Phi) is 6.99. The smallest absolute Gasteiger partial charge is 0.416 e. The molecule has 30 heavy (non-hydrogen) atoms. The average molecular weight is 465 g/mol. The van der Waals surface area contributed by atoms with E-state index in [4.69, 9.17) is 11.6 Å². The van der Waals surface area contributed by atoms with Crippen LogP contribution in [0.5, 0.6) is 0 Å². The van der Waals surface area contributed by atoms with Gasteiger partial charge in [0.25, 0.3) is 0 Å². The van der Waals surface area contributed by atoms with E-state index in [1.54, 1.807) is 0 Å². The number of ether oxygens (including phenoxy) is 1. The molecule has 1 amide bonds. The number of sulfonamides is 1. The summed E-state index contributed by atoms with van der Waals surface area (Å²) in [6, 6.07) is 7.78. The highest BCUT2D eigenvalue weighted by Gasteiger charge is 2.33. The van der Waals surface area contributed by atoms with Crippen LogP contribution in [0, 0.1) is 0 Å². The number of hydrogen-bond acceptors (Lipinski definition) is 5. The van der Waals surface area contributed by atoms with E-state index in [9.17, 15) is 31.2 Å². The molecule has 0 atom stereocenters. The van der Waals surface area contributed by atoms with E-state index in [0.717, 1.165) is 12.3 Å². The van der Waals surface area contributed by atoms with Crippen molar-refractivity contribution in [2.24, 2.45) is 0 Å². The summed E-state index contributed by atoms with van der Waals surface area (Å²) in [5.74, 6) is -1.52. The summed E-state index contributed by atoms with van der Waals surface area (Å²) in [4.78, 5) is 24.0. The van der Waals surface area contributed by atoms with Crippen LogP contribution in [0.15, 0.2) is 42.5 Å². The molecular weight excluding hydrogens is 449 g/mol.